The van der Waals surface area contributed by atoms with Gasteiger partial charge >= 0.3 is 0 Å². The minimum Gasteiger partial charge on any atom is -0.497 e. The van der Waals surface area contributed by atoms with E-state index in [1.165, 1.54) is 12.8 Å². The Morgan fingerprint density at radius 2 is 2.05 bits per heavy atom. The first-order valence-corrected chi connectivity index (χ1v) is 7.47. The predicted molar refractivity (Wildman–Crippen MR) is 82.3 cm³/mol. The molecule has 2 unspecified atom stereocenters. The number of carbonyl (C=O) groups excluding carboxylic acids is 1. The number of nitrogen functional groups attached to an aromatic ring is 1. The van der Waals surface area contributed by atoms with Crippen molar-refractivity contribution in [2.45, 2.75) is 25.7 Å². The lowest BCUT2D eigenvalue weighted by Crippen LogP contribution is -2.35. The Kier molecular flexibility index (Phi) is 5.44. The second-order valence-electron chi connectivity index (χ2n) is 5.69. The first kappa shape index (κ1) is 15.6. The Balaban J connectivity index is 1.96. The van der Waals surface area contributed by atoms with Crippen LogP contribution in [0.5, 0.6) is 5.75 Å². The number of ether oxygens (including phenoxy) is 1. The average Bonchev–Trinajstić information content (AvgIpc) is 2.52. The maximum Gasteiger partial charge on any atom is 0.251 e. The van der Waals surface area contributed by atoms with Crippen molar-refractivity contribution in [3.63, 3.8) is 0 Å². The highest BCUT2D eigenvalue weighted by molar-refractivity contribution is 5.95. The minimum atomic E-state index is -0.150. The third-order valence-corrected chi connectivity index (χ3v) is 4.25. The summed E-state index contributed by atoms with van der Waals surface area (Å²) in [6.45, 7) is 0.799. The SMILES string of the molecule is COc1cc(N)cc(C(=O)NCC2CCCCC2CO)c1. The lowest BCUT2D eigenvalue weighted by Gasteiger charge is -2.30. The molecule has 0 aliphatic heterocycles. The number of anilines is 1. The van der Waals surface area contributed by atoms with Crippen LogP contribution in [0.15, 0.2) is 18.2 Å². The molecule has 1 saturated carbocycles. The average molecular weight is 292 g/mol. The zero-order valence-electron chi connectivity index (χ0n) is 12.5. The highest BCUT2D eigenvalue weighted by Gasteiger charge is 2.24. The summed E-state index contributed by atoms with van der Waals surface area (Å²) < 4.78 is 5.12. The summed E-state index contributed by atoms with van der Waals surface area (Å²) in [5.74, 6) is 1.08. The van der Waals surface area contributed by atoms with Crippen LogP contribution < -0.4 is 15.8 Å². The zero-order valence-corrected chi connectivity index (χ0v) is 12.5. The molecular weight excluding hydrogens is 268 g/mol. The van der Waals surface area contributed by atoms with Gasteiger partial charge in [-0.15, -0.1) is 0 Å². The summed E-state index contributed by atoms with van der Waals surface area (Å²) in [4.78, 5) is 12.2. The molecule has 0 spiro atoms. The number of aliphatic hydroxyl groups is 1. The molecule has 1 aromatic carbocycles. The molecule has 1 aliphatic carbocycles. The van der Waals surface area contributed by atoms with E-state index in [2.05, 4.69) is 5.32 Å². The van der Waals surface area contributed by atoms with Crippen LogP contribution >= 0.6 is 0 Å². The molecule has 2 atom stereocenters. The van der Waals surface area contributed by atoms with Gasteiger partial charge in [0.1, 0.15) is 5.75 Å². The van der Waals surface area contributed by atoms with Gasteiger partial charge in [0.2, 0.25) is 0 Å². The summed E-state index contributed by atoms with van der Waals surface area (Å²) in [7, 11) is 1.55. The second-order valence-corrected chi connectivity index (χ2v) is 5.69. The molecule has 1 aliphatic rings. The number of rotatable bonds is 5. The van der Waals surface area contributed by atoms with Crippen molar-refractivity contribution in [2.24, 2.45) is 11.8 Å². The molecule has 2 rings (SSSR count). The Labute approximate surface area is 125 Å². The minimum absolute atomic E-state index is 0.150. The maximum atomic E-state index is 12.2. The first-order valence-electron chi connectivity index (χ1n) is 7.47. The van der Waals surface area contributed by atoms with Gasteiger partial charge < -0.3 is 20.9 Å². The number of methoxy groups -OCH3 is 1. The fraction of sp³-hybridized carbons (Fsp3) is 0.562. The van der Waals surface area contributed by atoms with Gasteiger partial charge in [-0.05, 0) is 36.8 Å². The van der Waals surface area contributed by atoms with Crippen LogP contribution in [-0.2, 0) is 0 Å². The molecule has 5 nitrogen and oxygen atoms in total. The van der Waals surface area contributed by atoms with E-state index in [4.69, 9.17) is 10.5 Å². The van der Waals surface area contributed by atoms with Crippen molar-refractivity contribution in [3.8, 4) is 5.75 Å². The van der Waals surface area contributed by atoms with Crippen LogP contribution in [0.1, 0.15) is 36.0 Å². The van der Waals surface area contributed by atoms with Crippen molar-refractivity contribution in [1.29, 1.82) is 0 Å². The van der Waals surface area contributed by atoms with Crippen LogP contribution in [-0.4, -0.2) is 31.3 Å². The molecule has 4 N–H and O–H groups in total. The van der Waals surface area contributed by atoms with E-state index < -0.39 is 0 Å². The Morgan fingerprint density at radius 3 is 2.71 bits per heavy atom. The number of carbonyl (C=O) groups is 1. The highest BCUT2D eigenvalue weighted by Crippen LogP contribution is 2.29. The lowest BCUT2D eigenvalue weighted by molar-refractivity contribution is 0.0909. The number of hydrogen-bond donors (Lipinski definition) is 3. The van der Waals surface area contributed by atoms with Gasteiger partial charge in [0.25, 0.3) is 5.91 Å². The number of benzene rings is 1. The number of hydrogen-bond acceptors (Lipinski definition) is 4. The smallest absolute Gasteiger partial charge is 0.251 e. The van der Waals surface area contributed by atoms with E-state index in [1.54, 1.807) is 25.3 Å². The molecule has 0 bridgehead atoms. The number of amides is 1. The van der Waals surface area contributed by atoms with Gasteiger partial charge in [-0.3, -0.25) is 4.79 Å². The fourth-order valence-corrected chi connectivity index (χ4v) is 2.99. The second kappa shape index (κ2) is 7.31. The van der Waals surface area contributed by atoms with Crippen LogP contribution in [0, 0.1) is 11.8 Å². The molecule has 116 valence electrons. The summed E-state index contributed by atoms with van der Waals surface area (Å²) in [5.41, 5.74) is 6.77. The van der Waals surface area contributed by atoms with Crippen molar-refractivity contribution in [1.82, 2.24) is 5.32 Å². The van der Waals surface area contributed by atoms with Gasteiger partial charge in [0.15, 0.2) is 0 Å². The standard InChI is InChI=1S/C16H24N2O3/c1-21-15-7-13(6-14(17)8-15)16(20)18-9-11-4-2-3-5-12(11)10-19/h6-8,11-12,19H,2-5,9-10,17H2,1H3,(H,18,20). The first-order chi connectivity index (χ1) is 10.1. The molecule has 0 heterocycles. The van der Waals surface area contributed by atoms with Gasteiger partial charge in [-0.25, -0.2) is 0 Å². The summed E-state index contributed by atoms with van der Waals surface area (Å²) in [6, 6.07) is 5.00. The van der Waals surface area contributed by atoms with E-state index in [-0.39, 0.29) is 12.5 Å². The lowest BCUT2D eigenvalue weighted by atomic mass is 9.79. The van der Waals surface area contributed by atoms with Crippen molar-refractivity contribution in [3.05, 3.63) is 23.8 Å². The number of nitrogens with one attached hydrogen (secondary N) is 1. The topological polar surface area (TPSA) is 84.6 Å². The van der Waals surface area contributed by atoms with Crippen molar-refractivity contribution in [2.75, 3.05) is 26.0 Å². The largest absolute Gasteiger partial charge is 0.497 e. The van der Waals surface area contributed by atoms with E-state index in [9.17, 15) is 9.90 Å². The molecular formula is C16H24N2O3. The number of aliphatic hydroxyl groups excluding tert-OH is 1. The Hall–Kier alpha value is -1.75. The summed E-state index contributed by atoms with van der Waals surface area (Å²) >= 11 is 0. The van der Waals surface area contributed by atoms with Crippen LogP contribution in [0.2, 0.25) is 0 Å². The molecule has 5 heteroatoms. The van der Waals surface area contributed by atoms with E-state index in [0.29, 0.717) is 35.4 Å². The molecule has 0 radical (unpaired) electrons. The normalized spacial score (nSPS) is 21.8. The number of nitrogens with two attached hydrogens (primary N) is 1. The predicted octanol–water partition coefficient (Wildman–Crippen LogP) is 1.81. The molecule has 0 saturated heterocycles. The van der Waals surface area contributed by atoms with Gasteiger partial charge in [0, 0.05) is 30.5 Å². The third-order valence-electron chi connectivity index (χ3n) is 4.25. The van der Waals surface area contributed by atoms with E-state index >= 15 is 0 Å². The maximum absolute atomic E-state index is 12.2. The van der Waals surface area contributed by atoms with Crippen molar-refractivity contribution < 1.29 is 14.6 Å². The molecule has 1 fully saturated rings. The van der Waals surface area contributed by atoms with Gasteiger partial charge in [0.05, 0.1) is 7.11 Å². The molecule has 1 amide bonds. The van der Waals surface area contributed by atoms with Gasteiger partial charge in [-0.2, -0.15) is 0 Å². The van der Waals surface area contributed by atoms with E-state index in [0.717, 1.165) is 12.8 Å². The molecule has 21 heavy (non-hydrogen) atoms. The van der Waals surface area contributed by atoms with Crippen molar-refractivity contribution >= 4 is 11.6 Å². The fourth-order valence-electron chi connectivity index (χ4n) is 2.99. The molecule has 0 aromatic heterocycles. The van der Waals surface area contributed by atoms with Gasteiger partial charge in [-0.1, -0.05) is 12.8 Å². The summed E-state index contributed by atoms with van der Waals surface area (Å²) in [6.07, 6.45) is 4.44. The third kappa shape index (κ3) is 4.11. The quantitative estimate of drug-likeness (QED) is 0.723. The van der Waals surface area contributed by atoms with Crippen LogP contribution in [0.3, 0.4) is 0 Å². The highest BCUT2D eigenvalue weighted by atomic mass is 16.5. The monoisotopic (exact) mass is 292 g/mol. The Morgan fingerprint density at radius 1 is 1.33 bits per heavy atom. The zero-order chi connectivity index (χ0) is 15.2. The van der Waals surface area contributed by atoms with Crippen LogP contribution in [0.25, 0.3) is 0 Å². The summed E-state index contributed by atoms with van der Waals surface area (Å²) in [5, 5.41) is 12.4. The Bertz CT molecular complexity index is 490. The molecule has 1 aromatic rings. The van der Waals surface area contributed by atoms with E-state index in [1.807, 2.05) is 0 Å². The van der Waals surface area contributed by atoms with Crippen LogP contribution in [0.4, 0.5) is 5.69 Å².